The van der Waals surface area contributed by atoms with E-state index in [2.05, 4.69) is 15.7 Å². The third-order valence-corrected chi connectivity index (χ3v) is 7.67. The van der Waals surface area contributed by atoms with Gasteiger partial charge in [0.05, 0.1) is 4.90 Å². The Morgan fingerprint density at radius 2 is 1.74 bits per heavy atom. The molecule has 2 aliphatic heterocycles. The second-order valence-corrected chi connectivity index (χ2v) is 10.1. The van der Waals surface area contributed by atoms with Crippen LogP contribution in [0.25, 0.3) is 0 Å². The van der Waals surface area contributed by atoms with Gasteiger partial charge in [0.1, 0.15) is 0 Å². The Bertz CT molecular complexity index is 1050. The molecule has 0 radical (unpaired) electrons. The standard InChI is InChI=1S/C24H31N3O3S/c1-2-24(28)27-15-12-19-16-22(10-11-23(19)27)31(29,30)25-17-20-8-4-5-9-21(20)18-26-13-6-3-7-14-26/h4-5,8-11,16,25H,2-3,6-7,12-15,17-18H2,1H3. The van der Waals surface area contributed by atoms with E-state index in [1.54, 1.807) is 23.1 Å². The van der Waals surface area contributed by atoms with Crippen LogP contribution in [0.4, 0.5) is 5.69 Å². The van der Waals surface area contributed by atoms with E-state index in [4.69, 9.17) is 0 Å². The summed E-state index contributed by atoms with van der Waals surface area (Å²) in [7, 11) is -3.64. The maximum Gasteiger partial charge on any atom is 0.240 e. The predicted molar refractivity (Wildman–Crippen MR) is 122 cm³/mol. The van der Waals surface area contributed by atoms with Gasteiger partial charge in [0.2, 0.25) is 15.9 Å². The molecule has 0 aliphatic carbocycles. The fraction of sp³-hybridized carbons (Fsp3) is 0.458. The molecule has 4 rings (SSSR count). The summed E-state index contributed by atoms with van der Waals surface area (Å²) in [5.74, 6) is 0.0674. The zero-order chi connectivity index (χ0) is 21.8. The fourth-order valence-corrected chi connectivity index (χ4v) is 5.55. The first-order chi connectivity index (χ1) is 15.0. The Hall–Kier alpha value is -2.22. The molecule has 0 atom stereocenters. The summed E-state index contributed by atoms with van der Waals surface area (Å²) in [6.07, 6.45) is 4.88. The molecule has 1 fully saturated rings. The molecule has 0 saturated carbocycles. The number of hydrogen-bond acceptors (Lipinski definition) is 4. The molecular formula is C24H31N3O3S. The summed E-state index contributed by atoms with van der Waals surface area (Å²) < 4.78 is 28.7. The van der Waals surface area contributed by atoms with Crippen LogP contribution in [0.5, 0.6) is 0 Å². The van der Waals surface area contributed by atoms with Gasteiger partial charge in [0.15, 0.2) is 0 Å². The van der Waals surface area contributed by atoms with Gasteiger partial charge in [-0.15, -0.1) is 0 Å². The van der Waals surface area contributed by atoms with Gasteiger partial charge in [0, 0.05) is 31.7 Å². The first-order valence-corrected chi connectivity index (χ1v) is 12.7. The van der Waals surface area contributed by atoms with Crippen molar-refractivity contribution in [3.05, 3.63) is 59.2 Å². The molecule has 2 aliphatic rings. The maximum atomic E-state index is 13.0. The number of piperidine rings is 1. The molecule has 0 aromatic heterocycles. The van der Waals surface area contributed by atoms with E-state index < -0.39 is 10.0 Å². The van der Waals surface area contributed by atoms with Crippen LogP contribution in [0.15, 0.2) is 47.4 Å². The lowest BCUT2D eigenvalue weighted by molar-refractivity contribution is -0.118. The number of nitrogens with one attached hydrogen (secondary N) is 1. The average molecular weight is 442 g/mol. The van der Waals surface area contributed by atoms with Crippen molar-refractivity contribution in [2.24, 2.45) is 0 Å². The molecule has 0 spiro atoms. The summed E-state index contributed by atoms with van der Waals surface area (Å²) in [4.78, 5) is 16.5. The molecule has 0 unspecified atom stereocenters. The summed E-state index contributed by atoms with van der Waals surface area (Å²) in [6.45, 7) is 5.79. The molecule has 1 amide bonds. The Morgan fingerprint density at radius 3 is 2.48 bits per heavy atom. The number of sulfonamides is 1. The van der Waals surface area contributed by atoms with Gasteiger partial charge < -0.3 is 4.90 Å². The maximum absolute atomic E-state index is 13.0. The third kappa shape index (κ3) is 5.00. The summed E-state index contributed by atoms with van der Waals surface area (Å²) in [6, 6.07) is 13.1. The number of rotatable bonds is 7. The Balaban J connectivity index is 1.46. The van der Waals surface area contributed by atoms with Crippen LogP contribution in [0.1, 0.15) is 49.3 Å². The number of benzene rings is 2. The topological polar surface area (TPSA) is 69.7 Å². The summed E-state index contributed by atoms with van der Waals surface area (Å²) in [5, 5.41) is 0. The zero-order valence-electron chi connectivity index (χ0n) is 18.1. The Labute approximate surface area is 185 Å². The van der Waals surface area contributed by atoms with Crippen LogP contribution in [0, 0.1) is 0 Å². The highest BCUT2D eigenvalue weighted by molar-refractivity contribution is 7.89. The van der Waals surface area contributed by atoms with Crippen LogP contribution in [0.2, 0.25) is 0 Å². The van der Waals surface area contributed by atoms with Gasteiger partial charge in [-0.05, 0) is 67.2 Å². The van der Waals surface area contributed by atoms with Crippen molar-refractivity contribution in [1.29, 1.82) is 0 Å². The second-order valence-electron chi connectivity index (χ2n) is 8.37. The predicted octanol–water partition coefficient (Wildman–Crippen LogP) is 3.45. The third-order valence-electron chi connectivity index (χ3n) is 6.27. The van der Waals surface area contributed by atoms with Crippen molar-refractivity contribution < 1.29 is 13.2 Å². The Morgan fingerprint density at radius 1 is 1.00 bits per heavy atom. The van der Waals surface area contributed by atoms with Crippen molar-refractivity contribution in [2.45, 2.75) is 57.0 Å². The first kappa shape index (κ1) is 22.0. The van der Waals surface area contributed by atoms with E-state index >= 15 is 0 Å². The van der Waals surface area contributed by atoms with E-state index in [0.29, 0.717) is 19.4 Å². The highest BCUT2D eigenvalue weighted by Crippen LogP contribution is 2.30. The molecule has 7 heteroatoms. The number of carbonyl (C=O) groups is 1. The van der Waals surface area contributed by atoms with E-state index in [1.165, 1.54) is 24.8 Å². The molecule has 6 nitrogen and oxygen atoms in total. The van der Waals surface area contributed by atoms with Gasteiger partial charge >= 0.3 is 0 Å². The van der Waals surface area contributed by atoms with E-state index in [0.717, 1.165) is 36.4 Å². The number of hydrogen-bond donors (Lipinski definition) is 1. The van der Waals surface area contributed by atoms with Gasteiger partial charge in [-0.3, -0.25) is 9.69 Å². The van der Waals surface area contributed by atoms with Crippen molar-refractivity contribution >= 4 is 21.6 Å². The lowest BCUT2D eigenvalue weighted by Gasteiger charge is -2.27. The molecule has 166 valence electrons. The highest BCUT2D eigenvalue weighted by Gasteiger charge is 2.26. The summed E-state index contributed by atoms with van der Waals surface area (Å²) in [5.41, 5.74) is 3.93. The minimum Gasteiger partial charge on any atom is -0.312 e. The SMILES string of the molecule is CCC(=O)N1CCc2cc(S(=O)(=O)NCc3ccccc3CN3CCCCC3)ccc21. The second kappa shape index (κ2) is 9.51. The normalized spacial score (nSPS) is 17.0. The number of likely N-dealkylation sites (tertiary alicyclic amines) is 1. The Kier molecular flexibility index (Phi) is 6.74. The molecular weight excluding hydrogens is 410 g/mol. The van der Waals surface area contributed by atoms with Gasteiger partial charge in [-0.25, -0.2) is 13.1 Å². The number of fused-ring (bicyclic) bond motifs is 1. The number of carbonyl (C=O) groups excluding carboxylic acids is 1. The molecule has 2 aromatic rings. The van der Waals surface area contributed by atoms with Crippen LogP contribution >= 0.6 is 0 Å². The smallest absolute Gasteiger partial charge is 0.240 e. The lowest BCUT2D eigenvalue weighted by atomic mass is 10.1. The number of anilines is 1. The molecule has 31 heavy (non-hydrogen) atoms. The monoisotopic (exact) mass is 441 g/mol. The quantitative estimate of drug-likeness (QED) is 0.715. The van der Waals surface area contributed by atoms with Crippen LogP contribution < -0.4 is 9.62 Å². The zero-order valence-corrected chi connectivity index (χ0v) is 19.0. The number of nitrogens with zero attached hydrogens (tertiary/aromatic N) is 2. The summed E-state index contributed by atoms with van der Waals surface area (Å²) >= 11 is 0. The van der Waals surface area contributed by atoms with Crippen molar-refractivity contribution in [2.75, 3.05) is 24.5 Å². The minimum atomic E-state index is -3.64. The van der Waals surface area contributed by atoms with Crippen LogP contribution in [-0.2, 0) is 34.3 Å². The van der Waals surface area contributed by atoms with E-state index in [1.807, 2.05) is 25.1 Å². The van der Waals surface area contributed by atoms with Crippen molar-refractivity contribution in [3.63, 3.8) is 0 Å². The molecule has 2 heterocycles. The van der Waals surface area contributed by atoms with Crippen molar-refractivity contribution in [3.8, 4) is 0 Å². The molecule has 2 aromatic carbocycles. The van der Waals surface area contributed by atoms with E-state index in [9.17, 15) is 13.2 Å². The average Bonchev–Trinajstić information content (AvgIpc) is 3.22. The molecule has 0 bridgehead atoms. The van der Waals surface area contributed by atoms with Crippen LogP contribution in [-0.4, -0.2) is 38.9 Å². The largest absolute Gasteiger partial charge is 0.312 e. The minimum absolute atomic E-state index is 0.0674. The van der Waals surface area contributed by atoms with Crippen molar-refractivity contribution in [1.82, 2.24) is 9.62 Å². The van der Waals surface area contributed by atoms with Gasteiger partial charge in [-0.1, -0.05) is 37.6 Å². The fourth-order valence-electron chi connectivity index (χ4n) is 4.49. The van der Waals surface area contributed by atoms with Gasteiger partial charge in [0.25, 0.3) is 0 Å². The first-order valence-electron chi connectivity index (χ1n) is 11.2. The lowest BCUT2D eigenvalue weighted by Crippen LogP contribution is -2.30. The molecule has 1 N–H and O–H groups in total. The van der Waals surface area contributed by atoms with Crippen LogP contribution in [0.3, 0.4) is 0 Å². The highest BCUT2D eigenvalue weighted by atomic mass is 32.2. The van der Waals surface area contributed by atoms with Gasteiger partial charge in [-0.2, -0.15) is 0 Å². The van der Waals surface area contributed by atoms with E-state index in [-0.39, 0.29) is 17.3 Å². The number of amides is 1. The molecule has 1 saturated heterocycles.